The second-order valence-corrected chi connectivity index (χ2v) is 6.62. The van der Waals surface area contributed by atoms with Crippen molar-refractivity contribution in [3.05, 3.63) is 75.3 Å². The van der Waals surface area contributed by atoms with Gasteiger partial charge in [0.15, 0.2) is 11.6 Å². The fourth-order valence-electron chi connectivity index (χ4n) is 2.60. The van der Waals surface area contributed by atoms with Crippen molar-refractivity contribution in [3.63, 3.8) is 0 Å². The van der Waals surface area contributed by atoms with Crippen LogP contribution in [0.1, 0.15) is 11.1 Å². The Balaban J connectivity index is 2.04. The van der Waals surface area contributed by atoms with E-state index in [-0.39, 0.29) is 11.3 Å². The SMILES string of the molecule is Cc1c(F)c(Oc2cccc(N(C)C)c2)nc(Oc2cc(C#N)ccc2[N+](=O)[O-])c1F. The van der Waals surface area contributed by atoms with Crippen molar-refractivity contribution in [2.45, 2.75) is 6.92 Å². The number of nitro benzene ring substituents is 1. The summed E-state index contributed by atoms with van der Waals surface area (Å²) >= 11 is 0. The van der Waals surface area contributed by atoms with E-state index in [9.17, 15) is 18.9 Å². The van der Waals surface area contributed by atoms with E-state index in [2.05, 4.69) is 4.98 Å². The first kappa shape index (κ1) is 21.4. The van der Waals surface area contributed by atoms with Gasteiger partial charge in [-0.15, -0.1) is 0 Å². The molecular formula is C21H16F2N4O4. The Kier molecular flexibility index (Phi) is 5.97. The number of anilines is 1. The van der Waals surface area contributed by atoms with Crippen molar-refractivity contribution in [1.29, 1.82) is 5.26 Å². The van der Waals surface area contributed by atoms with Gasteiger partial charge < -0.3 is 14.4 Å². The van der Waals surface area contributed by atoms with Crippen LogP contribution in [-0.2, 0) is 0 Å². The quantitative estimate of drug-likeness (QED) is 0.399. The van der Waals surface area contributed by atoms with Gasteiger partial charge in [-0.1, -0.05) is 6.07 Å². The topological polar surface area (TPSA) is 102 Å². The van der Waals surface area contributed by atoms with Crippen LogP contribution >= 0.6 is 0 Å². The smallest absolute Gasteiger partial charge is 0.311 e. The summed E-state index contributed by atoms with van der Waals surface area (Å²) in [6.45, 7) is 1.16. The maximum atomic E-state index is 14.6. The van der Waals surface area contributed by atoms with Gasteiger partial charge in [0.2, 0.25) is 5.75 Å². The third kappa shape index (κ3) is 4.51. The van der Waals surface area contributed by atoms with Crippen LogP contribution in [0.25, 0.3) is 0 Å². The molecule has 0 fully saturated rings. The van der Waals surface area contributed by atoms with E-state index in [4.69, 9.17) is 14.7 Å². The monoisotopic (exact) mass is 426 g/mol. The average Bonchev–Trinajstić information content (AvgIpc) is 2.75. The molecule has 0 spiro atoms. The molecule has 1 aromatic heterocycles. The van der Waals surface area contributed by atoms with Crippen LogP contribution in [0.2, 0.25) is 0 Å². The minimum absolute atomic E-state index is 0.0526. The van der Waals surface area contributed by atoms with Crippen LogP contribution < -0.4 is 14.4 Å². The van der Waals surface area contributed by atoms with Gasteiger partial charge in [0, 0.05) is 43.5 Å². The van der Waals surface area contributed by atoms with E-state index in [1.165, 1.54) is 6.07 Å². The van der Waals surface area contributed by atoms with Crippen molar-refractivity contribution in [3.8, 4) is 29.3 Å². The maximum absolute atomic E-state index is 14.6. The summed E-state index contributed by atoms with van der Waals surface area (Å²) in [6, 6.07) is 11.8. The predicted molar refractivity (Wildman–Crippen MR) is 108 cm³/mol. The molecule has 158 valence electrons. The highest BCUT2D eigenvalue weighted by Crippen LogP contribution is 2.36. The number of ether oxygens (including phenoxy) is 2. The van der Waals surface area contributed by atoms with Gasteiger partial charge in [0.05, 0.1) is 16.6 Å². The molecule has 0 radical (unpaired) electrons. The van der Waals surface area contributed by atoms with Gasteiger partial charge in [0.1, 0.15) is 5.75 Å². The van der Waals surface area contributed by atoms with Crippen LogP contribution in [-0.4, -0.2) is 24.0 Å². The molecule has 0 atom stereocenters. The standard InChI is InChI=1S/C21H16F2N4O4/c1-12-18(22)20(30-15-6-4-5-14(10-15)26(2)3)25-21(19(12)23)31-17-9-13(11-24)7-8-16(17)27(28)29/h4-10H,1-3H3. The molecule has 0 saturated carbocycles. The van der Waals surface area contributed by atoms with Gasteiger partial charge in [-0.2, -0.15) is 10.2 Å². The van der Waals surface area contributed by atoms with Crippen LogP contribution in [0.15, 0.2) is 42.5 Å². The van der Waals surface area contributed by atoms with E-state index >= 15 is 0 Å². The zero-order valence-corrected chi connectivity index (χ0v) is 16.7. The normalized spacial score (nSPS) is 10.3. The van der Waals surface area contributed by atoms with E-state index in [1.807, 2.05) is 31.1 Å². The number of hydrogen-bond acceptors (Lipinski definition) is 7. The Hall–Kier alpha value is -4.26. The maximum Gasteiger partial charge on any atom is 0.311 e. The third-order valence-electron chi connectivity index (χ3n) is 4.28. The molecule has 0 N–H and O–H groups in total. The van der Waals surface area contributed by atoms with E-state index in [0.29, 0.717) is 0 Å². The molecule has 0 amide bonds. The Morgan fingerprint density at radius 2 is 1.77 bits per heavy atom. The van der Waals surface area contributed by atoms with Gasteiger partial charge in [0.25, 0.3) is 11.8 Å². The van der Waals surface area contributed by atoms with Crippen molar-refractivity contribution in [1.82, 2.24) is 4.98 Å². The lowest BCUT2D eigenvalue weighted by atomic mass is 10.2. The lowest BCUT2D eigenvalue weighted by molar-refractivity contribution is -0.385. The number of halogens is 2. The van der Waals surface area contributed by atoms with Gasteiger partial charge in [-0.25, -0.2) is 8.78 Å². The molecule has 0 saturated heterocycles. The summed E-state index contributed by atoms with van der Waals surface area (Å²) in [7, 11) is 3.63. The first-order valence-electron chi connectivity index (χ1n) is 8.88. The summed E-state index contributed by atoms with van der Waals surface area (Å²) in [5.41, 5.74) is -0.125. The molecular weight excluding hydrogens is 410 g/mol. The third-order valence-corrected chi connectivity index (χ3v) is 4.28. The molecule has 0 aliphatic heterocycles. The minimum atomic E-state index is -1.15. The summed E-state index contributed by atoms with van der Waals surface area (Å²) < 4.78 is 40.0. The van der Waals surface area contributed by atoms with Crippen molar-refractivity contribution < 1.29 is 23.2 Å². The zero-order valence-electron chi connectivity index (χ0n) is 16.7. The lowest BCUT2D eigenvalue weighted by Gasteiger charge is -2.15. The number of nitrogens with zero attached hydrogens (tertiary/aromatic N) is 4. The molecule has 3 aromatic rings. The van der Waals surface area contributed by atoms with Crippen LogP contribution in [0.5, 0.6) is 23.3 Å². The number of nitro groups is 1. The zero-order chi connectivity index (χ0) is 22.7. The molecule has 0 aliphatic carbocycles. The van der Waals surface area contributed by atoms with Crippen molar-refractivity contribution in [2.24, 2.45) is 0 Å². The molecule has 2 aromatic carbocycles. The van der Waals surface area contributed by atoms with E-state index in [1.54, 1.807) is 18.2 Å². The van der Waals surface area contributed by atoms with Gasteiger partial charge in [-0.3, -0.25) is 10.1 Å². The van der Waals surface area contributed by atoms with Crippen LogP contribution in [0.4, 0.5) is 20.2 Å². The number of pyridine rings is 1. The molecule has 3 rings (SSSR count). The van der Waals surface area contributed by atoms with E-state index in [0.717, 1.165) is 24.7 Å². The number of nitriles is 1. The lowest BCUT2D eigenvalue weighted by Crippen LogP contribution is -2.08. The van der Waals surface area contributed by atoms with E-state index < -0.39 is 45.3 Å². The molecule has 0 unspecified atom stereocenters. The summed E-state index contributed by atoms with van der Waals surface area (Å²) in [5.74, 6) is -3.65. The molecule has 0 bridgehead atoms. The largest absolute Gasteiger partial charge is 0.436 e. The number of rotatable bonds is 6. The van der Waals surface area contributed by atoms with Crippen LogP contribution in [0, 0.1) is 40.0 Å². The van der Waals surface area contributed by atoms with Crippen molar-refractivity contribution >= 4 is 11.4 Å². The fourth-order valence-corrected chi connectivity index (χ4v) is 2.60. The second kappa shape index (κ2) is 8.62. The predicted octanol–water partition coefficient (Wildman–Crippen LogP) is 5.10. The second-order valence-electron chi connectivity index (χ2n) is 6.62. The average molecular weight is 426 g/mol. The highest BCUT2D eigenvalue weighted by Gasteiger charge is 2.24. The molecule has 0 aliphatic rings. The highest BCUT2D eigenvalue weighted by molar-refractivity contribution is 5.53. The van der Waals surface area contributed by atoms with Gasteiger partial charge in [-0.05, 0) is 25.1 Å². The molecule has 1 heterocycles. The Bertz CT molecular complexity index is 1210. The number of benzene rings is 2. The molecule has 10 heteroatoms. The molecule has 31 heavy (non-hydrogen) atoms. The highest BCUT2D eigenvalue weighted by atomic mass is 19.1. The first-order valence-corrected chi connectivity index (χ1v) is 8.88. The summed E-state index contributed by atoms with van der Waals surface area (Å²) in [6.07, 6.45) is 0. The van der Waals surface area contributed by atoms with Crippen molar-refractivity contribution in [2.75, 3.05) is 19.0 Å². The Labute approximate surface area is 176 Å². The van der Waals surface area contributed by atoms with Crippen LogP contribution in [0.3, 0.4) is 0 Å². The number of aromatic nitrogens is 1. The molecule has 8 nitrogen and oxygen atoms in total. The summed E-state index contributed by atoms with van der Waals surface area (Å²) in [4.78, 5) is 16.0. The van der Waals surface area contributed by atoms with Gasteiger partial charge >= 0.3 is 5.69 Å². The minimum Gasteiger partial charge on any atom is -0.436 e. The summed E-state index contributed by atoms with van der Waals surface area (Å²) in [5, 5.41) is 20.3. The first-order chi connectivity index (χ1) is 14.7. The number of hydrogen-bond donors (Lipinski definition) is 0. The fraction of sp³-hybridized carbons (Fsp3) is 0.143. The Morgan fingerprint density at radius 3 is 2.39 bits per heavy atom. The Morgan fingerprint density at radius 1 is 1.10 bits per heavy atom.